The van der Waals surface area contributed by atoms with Crippen molar-refractivity contribution in [2.75, 3.05) is 18.6 Å². The Hall–Kier alpha value is -4.80. The summed E-state index contributed by atoms with van der Waals surface area (Å²) in [5, 5.41) is 21.5. The molecule has 0 saturated heterocycles. The number of nitro benzene ring substituents is 1. The normalized spacial score (nSPS) is 10.9. The van der Waals surface area contributed by atoms with Crippen molar-refractivity contribution < 1.29 is 28.3 Å². The van der Waals surface area contributed by atoms with E-state index in [9.17, 15) is 33.6 Å². The number of ether oxygens (including phenoxy) is 1. The Morgan fingerprint density at radius 3 is 2.42 bits per heavy atom. The maximum absolute atomic E-state index is 13.8. The number of rotatable bonds is 6. The van der Waals surface area contributed by atoms with Crippen LogP contribution in [0.3, 0.4) is 0 Å². The summed E-state index contributed by atoms with van der Waals surface area (Å²) in [6.07, 6.45) is 1.17. The molecule has 1 aromatic heterocycles. The number of nitro groups is 1. The molecule has 9 nitrogen and oxygen atoms in total. The van der Waals surface area contributed by atoms with Gasteiger partial charge in [-0.05, 0) is 31.2 Å². The van der Waals surface area contributed by atoms with Crippen molar-refractivity contribution in [3.05, 3.63) is 98.3 Å². The Kier molecular flexibility index (Phi) is 6.39. The third-order valence-electron chi connectivity index (χ3n) is 5.54. The lowest BCUT2D eigenvalue weighted by Gasteiger charge is -2.22. The van der Waals surface area contributed by atoms with Crippen molar-refractivity contribution in [1.29, 1.82) is 0 Å². The molecule has 0 fully saturated rings. The number of pyridine rings is 1. The second kappa shape index (κ2) is 9.45. The van der Waals surface area contributed by atoms with Crippen LogP contribution in [0, 0.1) is 21.7 Å². The number of hydrogen-bond donors (Lipinski definition) is 1. The average molecular weight is 495 g/mol. The van der Waals surface area contributed by atoms with Crippen molar-refractivity contribution in [2.24, 2.45) is 0 Å². The summed E-state index contributed by atoms with van der Waals surface area (Å²) in [6, 6.07) is 10.3. The summed E-state index contributed by atoms with van der Waals surface area (Å²) >= 11 is 0. The largest absolute Gasteiger partial charge is 0.508 e. The molecule has 36 heavy (non-hydrogen) atoms. The number of carbonyl (C=O) groups excluding carboxylic acids is 1. The molecule has 1 amide bonds. The van der Waals surface area contributed by atoms with E-state index >= 15 is 0 Å². The Morgan fingerprint density at radius 1 is 1.11 bits per heavy atom. The number of carbonyl (C=O) groups is 1. The van der Waals surface area contributed by atoms with Crippen LogP contribution in [0.4, 0.5) is 20.2 Å². The lowest BCUT2D eigenvalue weighted by molar-refractivity contribution is -0.384. The highest BCUT2D eigenvalue weighted by Crippen LogP contribution is 2.29. The molecule has 0 unspecified atom stereocenters. The Balaban J connectivity index is 2.00. The van der Waals surface area contributed by atoms with Crippen LogP contribution in [0.5, 0.6) is 11.5 Å². The van der Waals surface area contributed by atoms with Gasteiger partial charge in [0.25, 0.3) is 11.6 Å². The molecule has 1 heterocycles. The van der Waals surface area contributed by atoms with Gasteiger partial charge in [-0.3, -0.25) is 19.7 Å². The molecule has 0 aliphatic carbocycles. The lowest BCUT2D eigenvalue weighted by atomic mass is 10.1. The van der Waals surface area contributed by atoms with Gasteiger partial charge in [-0.25, -0.2) is 8.78 Å². The average Bonchev–Trinajstić information content (AvgIpc) is 2.83. The second-order valence-electron chi connectivity index (χ2n) is 7.77. The van der Waals surface area contributed by atoms with Crippen LogP contribution >= 0.6 is 0 Å². The first-order valence-electron chi connectivity index (χ1n) is 10.6. The minimum absolute atomic E-state index is 0.0145. The molecule has 0 bridgehead atoms. The lowest BCUT2D eigenvalue weighted by Crippen LogP contribution is -2.35. The van der Waals surface area contributed by atoms with Crippen LogP contribution in [-0.2, 0) is 0 Å². The summed E-state index contributed by atoms with van der Waals surface area (Å²) in [4.78, 5) is 38.7. The molecule has 3 aromatic carbocycles. The van der Waals surface area contributed by atoms with E-state index in [-0.39, 0.29) is 51.6 Å². The van der Waals surface area contributed by atoms with Gasteiger partial charge in [0.1, 0.15) is 28.7 Å². The van der Waals surface area contributed by atoms with Gasteiger partial charge in [0.05, 0.1) is 29.3 Å². The predicted molar refractivity (Wildman–Crippen MR) is 128 cm³/mol. The minimum Gasteiger partial charge on any atom is -0.508 e. The van der Waals surface area contributed by atoms with Crippen molar-refractivity contribution in [3.8, 4) is 17.2 Å². The number of fused-ring (bicyclic) bond motifs is 1. The number of nitrogens with zero attached hydrogens (tertiary/aromatic N) is 3. The van der Waals surface area contributed by atoms with Crippen LogP contribution in [0.25, 0.3) is 16.6 Å². The Morgan fingerprint density at radius 2 is 1.81 bits per heavy atom. The highest BCUT2D eigenvalue weighted by atomic mass is 19.1. The maximum Gasteiger partial charge on any atom is 0.275 e. The zero-order valence-corrected chi connectivity index (χ0v) is 19.1. The van der Waals surface area contributed by atoms with Gasteiger partial charge in [-0.1, -0.05) is 0 Å². The number of phenolic OH excluding ortho intramolecular Hbond substituents is 1. The number of methoxy groups -OCH3 is 1. The highest BCUT2D eigenvalue weighted by Gasteiger charge is 2.24. The first kappa shape index (κ1) is 24.3. The topological polar surface area (TPSA) is 115 Å². The van der Waals surface area contributed by atoms with Crippen molar-refractivity contribution >= 4 is 28.2 Å². The van der Waals surface area contributed by atoms with E-state index in [0.29, 0.717) is 6.07 Å². The van der Waals surface area contributed by atoms with Gasteiger partial charge >= 0.3 is 0 Å². The summed E-state index contributed by atoms with van der Waals surface area (Å²) in [5.41, 5.74) is -1.11. The third kappa shape index (κ3) is 4.45. The number of anilines is 1. The molecular formula is C25H19F2N3O6. The molecule has 184 valence electrons. The molecule has 0 saturated carbocycles. The third-order valence-corrected chi connectivity index (χ3v) is 5.54. The summed E-state index contributed by atoms with van der Waals surface area (Å²) in [7, 11) is 1.32. The molecule has 4 aromatic rings. The van der Waals surface area contributed by atoms with Crippen LogP contribution in [-0.4, -0.2) is 34.2 Å². The van der Waals surface area contributed by atoms with Crippen molar-refractivity contribution in [1.82, 2.24) is 4.57 Å². The van der Waals surface area contributed by atoms with E-state index in [0.717, 1.165) is 17.0 Å². The van der Waals surface area contributed by atoms with E-state index in [1.54, 1.807) is 6.92 Å². The molecule has 0 atom stereocenters. The number of benzene rings is 3. The van der Waals surface area contributed by atoms with Crippen LogP contribution < -0.4 is 15.1 Å². The first-order chi connectivity index (χ1) is 17.1. The SMILES string of the molecule is CCN(C(=O)c1cn(-c2cc(OC)cc([N+](=O)[O-])c2)c2cc(O)ccc2c1=O)c1cc(F)cc(F)c1. The number of aromatic hydroxyl groups is 1. The molecule has 4 rings (SSSR count). The van der Waals surface area contributed by atoms with Gasteiger partial charge in [-0.15, -0.1) is 0 Å². The molecule has 0 aliphatic heterocycles. The van der Waals surface area contributed by atoms with Gasteiger partial charge in [0, 0.05) is 48.1 Å². The first-order valence-corrected chi connectivity index (χ1v) is 10.6. The predicted octanol–water partition coefficient (Wildman–Crippen LogP) is 4.56. The summed E-state index contributed by atoms with van der Waals surface area (Å²) < 4.78 is 34.2. The van der Waals surface area contributed by atoms with Crippen LogP contribution in [0.15, 0.2) is 65.6 Å². The molecule has 1 N–H and O–H groups in total. The smallest absolute Gasteiger partial charge is 0.275 e. The maximum atomic E-state index is 13.8. The molecule has 11 heteroatoms. The van der Waals surface area contributed by atoms with Gasteiger partial charge in [0.2, 0.25) is 5.43 Å². The molecule has 0 spiro atoms. The second-order valence-corrected chi connectivity index (χ2v) is 7.77. The number of halogens is 2. The van der Waals surface area contributed by atoms with Crippen LogP contribution in [0.2, 0.25) is 0 Å². The standard InChI is InChI=1S/C25H19F2N3O6/c1-3-28(16-7-14(26)6-15(27)8-16)25(33)22-13-29(23-12-19(31)4-5-21(23)24(22)32)17-9-18(30(34)35)11-20(10-17)36-2/h4-13,31H,3H2,1-2H3. The van der Waals surface area contributed by atoms with E-state index in [2.05, 4.69) is 0 Å². The van der Waals surface area contributed by atoms with Gasteiger partial charge < -0.3 is 19.3 Å². The van der Waals surface area contributed by atoms with Crippen molar-refractivity contribution in [2.45, 2.75) is 6.92 Å². The number of amides is 1. The fourth-order valence-corrected chi connectivity index (χ4v) is 3.89. The molecular weight excluding hydrogens is 476 g/mol. The highest BCUT2D eigenvalue weighted by molar-refractivity contribution is 6.07. The van der Waals surface area contributed by atoms with Crippen molar-refractivity contribution in [3.63, 3.8) is 0 Å². The number of aromatic nitrogens is 1. The van der Waals surface area contributed by atoms with E-state index in [1.807, 2.05) is 0 Å². The fraction of sp³-hybridized carbons (Fsp3) is 0.120. The van der Waals surface area contributed by atoms with E-state index in [1.165, 1.54) is 54.3 Å². The van der Waals surface area contributed by atoms with Gasteiger partial charge in [-0.2, -0.15) is 0 Å². The van der Waals surface area contributed by atoms with Crippen LogP contribution in [0.1, 0.15) is 17.3 Å². The molecule has 0 radical (unpaired) electrons. The van der Waals surface area contributed by atoms with Gasteiger partial charge in [0.15, 0.2) is 0 Å². The zero-order chi connectivity index (χ0) is 26.1. The summed E-state index contributed by atoms with van der Waals surface area (Å²) in [5.74, 6) is -2.67. The van der Waals surface area contributed by atoms with E-state index < -0.39 is 27.9 Å². The minimum atomic E-state index is -0.897. The fourth-order valence-electron chi connectivity index (χ4n) is 3.89. The monoisotopic (exact) mass is 495 g/mol. The number of non-ortho nitro benzene ring substituents is 1. The quantitative estimate of drug-likeness (QED) is 0.310. The van der Waals surface area contributed by atoms with E-state index in [4.69, 9.17) is 4.74 Å². The Bertz CT molecular complexity index is 1560. The Labute approximate surface area is 202 Å². The zero-order valence-electron chi connectivity index (χ0n) is 19.1. The summed E-state index contributed by atoms with van der Waals surface area (Å²) in [6.45, 7) is 1.56. The number of phenols is 1. The molecule has 0 aliphatic rings. The number of hydrogen-bond acceptors (Lipinski definition) is 6.